The highest BCUT2D eigenvalue weighted by Crippen LogP contribution is 2.36. The van der Waals surface area contributed by atoms with Crippen molar-refractivity contribution in [2.24, 2.45) is 5.73 Å². The molecule has 1 unspecified atom stereocenters. The summed E-state index contributed by atoms with van der Waals surface area (Å²) in [4.78, 5) is 25.6. The molecule has 204 valence electrons. The van der Waals surface area contributed by atoms with E-state index >= 15 is 0 Å². The molecule has 0 bridgehead atoms. The molecule has 0 radical (unpaired) electrons. The van der Waals surface area contributed by atoms with E-state index in [1.54, 1.807) is 41.1 Å². The average molecular weight is 584 g/mol. The Morgan fingerprint density at radius 2 is 1.67 bits per heavy atom. The molecule has 39 heavy (non-hydrogen) atoms. The van der Waals surface area contributed by atoms with Gasteiger partial charge >= 0.3 is 0 Å². The summed E-state index contributed by atoms with van der Waals surface area (Å²) in [6.45, 7) is 7.86. The third-order valence-corrected chi connectivity index (χ3v) is 9.70. The van der Waals surface area contributed by atoms with E-state index in [2.05, 4.69) is 15.5 Å². The number of anilines is 1. The summed E-state index contributed by atoms with van der Waals surface area (Å²) in [5.74, 6) is -0.992. The van der Waals surface area contributed by atoms with Crippen LogP contribution in [0.3, 0.4) is 0 Å². The van der Waals surface area contributed by atoms with E-state index in [0.29, 0.717) is 28.1 Å². The van der Waals surface area contributed by atoms with Crippen molar-refractivity contribution in [1.82, 2.24) is 14.8 Å². The second-order valence-corrected chi connectivity index (χ2v) is 13.2. The molecule has 12 heteroatoms. The minimum absolute atomic E-state index is 0.215. The van der Waals surface area contributed by atoms with Gasteiger partial charge in [-0.1, -0.05) is 59.3 Å². The first-order chi connectivity index (χ1) is 18.5. The lowest BCUT2D eigenvalue weighted by Gasteiger charge is -2.13. The number of rotatable bonds is 10. The molecular weight excluding hydrogens is 555 g/mol. The van der Waals surface area contributed by atoms with Gasteiger partial charge in [0, 0.05) is 17.5 Å². The standard InChI is InChI=1S/C27H29N5O4S3/c1-5-32-22(15-39(35,36)20-12-8-17(3)9-13-20)30-31-27(32)38-18(4)25(34)29-26-23(24(28)33)21(14-37-26)19-10-6-16(2)7-11-19/h6-14,18H,5,15H2,1-4H3,(H2,28,33)(H,29,34). The van der Waals surface area contributed by atoms with Crippen molar-refractivity contribution in [2.75, 3.05) is 5.32 Å². The Morgan fingerprint density at radius 1 is 1.05 bits per heavy atom. The summed E-state index contributed by atoms with van der Waals surface area (Å²) in [5.41, 5.74) is 9.49. The fraction of sp³-hybridized carbons (Fsp3) is 0.259. The molecule has 0 spiro atoms. The molecule has 3 N–H and O–H groups in total. The predicted octanol–water partition coefficient (Wildman–Crippen LogP) is 4.84. The summed E-state index contributed by atoms with van der Waals surface area (Å²) < 4.78 is 27.6. The molecule has 0 aliphatic rings. The number of benzene rings is 2. The molecule has 2 amide bonds. The van der Waals surface area contributed by atoms with Crippen LogP contribution in [0, 0.1) is 13.8 Å². The molecule has 2 aromatic heterocycles. The van der Waals surface area contributed by atoms with Crippen molar-refractivity contribution in [3.63, 3.8) is 0 Å². The summed E-state index contributed by atoms with van der Waals surface area (Å²) in [7, 11) is -3.63. The van der Waals surface area contributed by atoms with Crippen LogP contribution in [0.4, 0.5) is 5.00 Å². The van der Waals surface area contributed by atoms with Gasteiger partial charge in [-0.15, -0.1) is 21.5 Å². The molecule has 0 saturated heterocycles. The van der Waals surface area contributed by atoms with Gasteiger partial charge in [0.25, 0.3) is 5.91 Å². The number of hydrogen-bond donors (Lipinski definition) is 2. The van der Waals surface area contributed by atoms with Crippen LogP contribution in [-0.4, -0.2) is 40.2 Å². The zero-order valence-corrected chi connectivity index (χ0v) is 24.4. The topological polar surface area (TPSA) is 137 Å². The van der Waals surface area contributed by atoms with Crippen LogP contribution >= 0.6 is 23.1 Å². The fourth-order valence-corrected chi connectivity index (χ4v) is 7.08. The van der Waals surface area contributed by atoms with Crippen LogP contribution < -0.4 is 11.1 Å². The molecule has 9 nitrogen and oxygen atoms in total. The lowest BCUT2D eigenvalue weighted by atomic mass is 10.0. The molecule has 0 aliphatic carbocycles. The Hall–Kier alpha value is -3.48. The van der Waals surface area contributed by atoms with Crippen LogP contribution in [0.5, 0.6) is 0 Å². The van der Waals surface area contributed by atoms with Crippen molar-refractivity contribution in [2.45, 2.75) is 55.3 Å². The highest BCUT2D eigenvalue weighted by atomic mass is 32.2. The third kappa shape index (κ3) is 6.40. The van der Waals surface area contributed by atoms with Crippen molar-refractivity contribution >= 4 is 49.8 Å². The van der Waals surface area contributed by atoms with Gasteiger partial charge in [0.15, 0.2) is 15.0 Å². The van der Waals surface area contributed by atoms with Crippen LogP contribution in [0.1, 0.15) is 41.2 Å². The van der Waals surface area contributed by atoms with E-state index in [-0.39, 0.29) is 22.1 Å². The van der Waals surface area contributed by atoms with Gasteiger partial charge in [-0.05, 0) is 45.4 Å². The van der Waals surface area contributed by atoms with Gasteiger partial charge in [0.05, 0.1) is 15.7 Å². The number of sulfone groups is 1. The number of primary amides is 1. The average Bonchev–Trinajstić information content (AvgIpc) is 3.48. The Kier molecular flexibility index (Phi) is 8.57. The van der Waals surface area contributed by atoms with E-state index in [1.807, 2.05) is 45.0 Å². The van der Waals surface area contributed by atoms with E-state index in [1.165, 1.54) is 11.3 Å². The summed E-state index contributed by atoms with van der Waals surface area (Å²) in [6, 6.07) is 14.4. The fourth-order valence-electron chi connectivity index (χ4n) is 3.89. The predicted molar refractivity (Wildman–Crippen MR) is 155 cm³/mol. The minimum atomic E-state index is -3.63. The maximum atomic E-state index is 13.1. The van der Waals surface area contributed by atoms with Gasteiger partial charge in [0.2, 0.25) is 5.91 Å². The van der Waals surface area contributed by atoms with E-state index in [0.717, 1.165) is 28.5 Å². The van der Waals surface area contributed by atoms with Crippen LogP contribution in [-0.2, 0) is 26.9 Å². The SMILES string of the molecule is CCn1c(CS(=O)(=O)c2ccc(C)cc2)nnc1SC(C)C(=O)Nc1scc(-c2ccc(C)cc2)c1C(N)=O. The zero-order chi connectivity index (χ0) is 28.3. The number of nitrogens with zero attached hydrogens (tertiary/aromatic N) is 3. The van der Waals surface area contributed by atoms with Crippen molar-refractivity contribution in [3.05, 3.63) is 76.4 Å². The number of nitrogens with two attached hydrogens (primary N) is 1. The molecule has 4 rings (SSSR count). The monoisotopic (exact) mass is 583 g/mol. The first kappa shape index (κ1) is 28.5. The number of hydrogen-bond acceptors (Lipinski definition) is 8. The minimum Gasteiger partial charge on any atom is -0.365 e. The molecule has 1 atom stereocenters. The second kappa shape index (κ2) is 11.7. The molecule has 2 aromatic carbocycles. The number of aromatic nitrogens is 3. The molecule has 0 aliphatic heterocycles. The number of thiophene rings is 1. The maximum Gasteiger partial charge on any atom is 0.252 e. The summed E-state index contributed by atoms with van der Waals surface area (Å²) >= 11 is 2.39. The quantitative estimate of drug-likeness (QED) is 0.255. The van der Waals surface area contributed by atoms with Gasteiger partial charge < -0.3 is 15.6 Å². The highest BCUT2D eigenvalue weighted by molar-refractivity contribution is 8.00. The Morgan fingerprint density at radius 3 is 2.26 bits per heavy atom. The van der Waals surface area contributed by atoms with Crippen LogP contribution in [0.15, 0.2) is 64.0 Å². The highest BCUT2D eigenvalue weighted by Gasteiger charge is 2.26. The van der Waals surface area contributed by atoms with E-state index < -0.39 is 21.0 Å². The summed E-state index contributed by atoms with van der Waals surface area (Å²) in [6.07, 6.45) is 0. The second-order valence-electron chi connectivity index (χ2n) is 9.05. The number of carbonyl (C=O) groups excluding carboxylic acids is 2. The molecular formula is C27H29N5O4S3. The maximum absolute atomic E-state index is 13.1. The zero-order valence-electron chi connectivity index (χ0n) is 22.0. The van der Waals surface area contributed by atoms with Crippen LogP contribution in [0.2, 0.25) is 0 Å². The normalized spacial score (nSPS) is 12.3. The molecule has 2 heterocycles. The lowest BCUT2D eigenvalue weighted by molar-refractivity contribution is -0.115. The molecule has 0 fully saturated rings. The van der Waals surface area contributed by atoms with Crippen LogP contribution in [0.25, 0.3) is 11.1 Å². The first-order valence-corrected chi connectivity index (χ1v) is 15.6. The van der Waals surface area contributed by atoms with Gasteiger partial charge in [-0.2, -0.15) is 0 Å². The number of thioether (sulfide) groups is 1. The van der Waals surface area contributed by atoms with Gasteiger partial charge in [0.1, 0.15) is 16.6 Å². The number of amides is 2. The third-order valence-electron chi connectivity index (χ3n) is 6.10. The number of carbonyl (C=O) groups is 2. The van der Waals surface area contributed by atoms with Gasteiger partial charge in [-0.25, -0.2) is 8.42 Å². The largest absolute Gasteiger partial charge is 0.365 e. The molecule has 4 aromatic rings. The number of aryl methyl sites for hydroxylation is 2. The smallest absolute Gasteiger partial charge is 0.252 e. The Bertz CT molecular complexity index is 1610. The summed E-state index contributed by atoms with van der Waals surface area (Å²) in [5, 5.41) is 13.1. The lowest BCUT2D eigenvalue weighted by Crippen LogP contribution is -2.24. The first-order valence-electron chi connectivity index (χ1n) is 12.2. The molecule has 0 saturated carbocycles. The van der Waals surface area contributed by atoms with Crippen molar-refractivity contribution in [1.29, 1.82) is 0 Å². The number of nitrogens with one attached hydrogen (secondary N) is 1. The van der Waals surface area contributed by atoms with E-state index in [4.69, 9.17) is 5.73 Å². The van der Waals surface area contributed by atoms with E-state index in [9.17, 15) is 18.0 Å². The Labute approximate surface area is 235 Å². The van der Waals surface area contributed by atoms with Crippen molar-refractivity contribution < 1.29 is 18.0 Å². The van der Waals surface area contributed by atoms with Crippen molar-refractivity contribution in [3.8, 4) is 11.1 Å². The van der Waals surface area contributed by atoms with Gasteiger partial charge in [-0.3, -0.25) is 9.59 Å². The Balaban J connectivity index is 1.50.